The molecule has 1 aliphatic heterocycles. The number of amides is 1. The first-order valence-electron chi connectivity index (χ1n) is 4.38. The van der Waals surface area contributed by atoms with E-state index in [4.69, 9.17) is 0 Å². The van der Waals surface area contributed by atoms with Gasteiger partial charge in [-0.05, 0) is 24.6 Å². The SMILES string of the molecule is Cc1c(N(C)C)ccc2c1C(=O)N=N2. The molecule has 1 aromatic carbocycles. The van der Waals surface area contributed by atoms with Crippen LogP contribution in [0, 0.1) is 6.92 Å². The molecule has 0 atom stereocenters. The van der Waals surface area contributed by atoms with E-state index >= 15 is 0 Å². The van der Waals surface area contributed by atoms with E-state index in [1.807, 2.05) is 38.1 Å². The maximum atomic E-state index is 11.4. The number of anilines is 1. The molecule has 1 heterocycles. The zero-order valence-corrected chi connectivity index (χ0v) is 8.40. The van der Waals surface area contributed by atoms with E-state index in [1.54, 1.807) is 0 Å². The van der Waals surface area contributed by atoms with Crippen molar-refractivity contribution in [2.75, 3.05) is 19.0 Å². The molecule has 2 rings (SSSR count). The number of azo groups is 1. The molecule has 0 aliphatic carbocycles. The first-order valence-corrected chi connectivity index (χ1v) is 4.38. The van der Waals surface area contributed by atoms with Gasteiger partial charge in [0, 0.05) is 19.8 Å². The van der Waals surface area contributed by atoms with Crippen molar-refractivity contribution >= 4 is 17.3 Å². The smallest absolute Gasteiger partial charge is 0.298 e. The number of nitrogens with zero attached hydrogens (tertiary/aromatic N) is 3. The van der Waals surface area contributed by atoms with Gasteiger partial charge in [-0.15, -0.1) is 10.2 Å². The van der Waals surface area contributed by atoms with E-state index in [0.717, 1.165) is 11.3 Å². The highest BCUT2D eigenvalue weighted by atomic mass is 16.2. The van der Waals surface area contributed by atoms with E-state index in [9.17, 15) is 4.79 Å². The van der Waals surface area contributed by atoms with Gasteiger partial charge in [-0.1, -0.05) is 0 Å². The largest absolute Gasteiger partial charge is 0.377 e. The molecule has 0 saturated carbocycles. The Labute approximate surface area is 82.3 Å². The molecule has 1 amide bonds. The molecule has 1 aromatic rings. The molecule has 1 aliphatic rings. The second-order valence-electron chi connectivity index (χ2n) is 3.50. The van der Waals surface area contributed by atoms with Crippen LogP contribution < -0.4 is 4.90 Å². The van der Waals surface area contributed by atoms with Crippen LogP contribution in [0.5, 0.6) is 0 Å². The van der Waals surface area contributed by atoms with Gasteiger partial charge in [-0.2, -0.15) is 0 Å². The fourth-order valence-electron chi connectivity index (χ4n) is 1.67. The maximum absolute atomic E-state index is 11.4. The molecular weight excluding hydrogens is 178 g/mol. The van der Waals surface area contributed by atoms with Crippen LogP contribution in [0.1, 0.15) is 15.9 Å². The summed E-state index contributed by atoms with van der Waals surface area (Å²) in [5, 5.41) is 7.33. The Hall–Kier alpha value is -1.71. The molecule has 0 bridgehead atoms. The number of hydrogen-bond acceptors (Lipinski definition) is 3. The Morgan fingerprint density at radius 3 is 2.57 bits per heavy atom. The zero-order chi connectivity index (χ0) is 10.3. The summed E-state index contributed by atoms with van der Waals surface area (Å²) in [6.07, 6.45) is 0. The predicted molar refractivity (Wildman–Crippen MR) is 54.4 cm³/mol. The maximum Gasteiger partial charge on any atom is 0.298 e. The molecule has 14 heavy (non-hydrogen) atoms. The van der Waals surface area contributed by atoms with Gasteiger partial charge in [0.2, 0.25) is 0 Å². The molecule has 0 radical (unpaired) electrons. The van der Waals surface area contributed by atoms with Crippen molar-refractivity contribution in [1.82, 2.24) is 0 Å². The van der Waals surface area contributed by atoms with Crippen LogP contribution in [0.15, 0.2) is 22.4 Å². The lowest BCUT2D eigenvalue weighted by molar-refractivity contribution is 0.100. The normalized spacial score (nSPS) is 13.2. The first-order chi connectivity index (χ1) is 6.61. The van der Waals surface area contributed by atoms with Gasteiger partial charge in [-0.3, -0.25) is 4.79 Å². The number of hydrogen-bond donors (Lipinski definition) is 0. The summed E-state index contributed by atoms with van der Waals surface area (Å²) >= 11 is 0. The number of carbonyl (C=O) groups excluding carboxylic acids is 1. The van der Waals surface area contributed by atoms with E-state index in [1.165, 1.54) is 0 Å². The Morgan fingerprint density at radius 1 is 1.21 bits per heavy atom. The summed E-state index contributed by atoms with van der Waals surface area (Å²) in [6.45, 7) is 1.92. The van der Waals surface area contributed by atoms with Gasteiger partial charge >= 0.3 is 0 Å². The summed E-state index contributed by atoms with van der Waals surface area (Å²) in [5.74, 6) is -0.235. The van der Waals surface area contributed by atoms with Gasteiger partial charge in [-0.25, -0.2) is 0 Å². The van der Waals surface area contributed by atoms with Crippen molar-refractivity contribution in [2.45, 2.75) is 6.92 Å². The van der Waals surface area contributed by atoms with Crippen molar-refractivity contribution in [1.29, 1.82) is 0 Å². The lowest BCUT2D eigenvalue weighted by atomic mass is 10.0. The van der Waals surface area contributed by atoms with Crippen molar-refractivity contribution in [2.24, 2.45) is 10.2 Å². The van der Waals surface area contributed by atoms with E-state index < -0.39 is 0 Å². The van der Waals surface area contributed by atoms with Crippen LogP contribution in [0.25, 0.3) is 0 Å². The van der Waals surface area contributed by atoms with Crippen molar-refractivity contribution in [3.05, 3.63) is 23.3 Å². The number of carbonyl (C=O) groups is 1. The second-order valence-corrected chi connectivity index (χ2v) is 3.50. The summed E-state index contributed by atoms with van der Waals surface area (Å²) in [5.41, 5.74) is 3.29. The van der Waals surface area contributed by atoms with Crippen molar-refractivity contribution in [3.8, 4) is 0 Å². The molecule has 72 valence electrons. The highest BCUT2D eigenvalue weighted by molar-refractivity contribution is 6.04. The molecule has 0 saturated heterocycles. The number of rotatable bonds is 1. The van der Waals surface area contributed by atoms with Crippen molar-refractivity contribution in [3.63, 3.8) is 0 Å². The van der Waals surface area contributed by atoms with Gasteiger partial charge in [0.15, 0.2) is 0 Å². The van der Waals surface area contributed by atoms with Crippen LogP contribution in [0.4, 0.5) is 11.4 Å². The van der Waals surface area contributed by atoms with Gasteiger partial charge in [0.05, 0.1) is 11.3 Å². The standard InChI is InChI=1S/C10H11N3O/c1-6-8(13(2)3)5-4-7-9(6)10(14)12-11-7/h4-5H,1-3H3. The topological polar surface area (TPSA) is 45.0 Å². The average Bonchev–Trinajstić information content (AvgIpc) is 2.48. The minimum absolute atomic E-state index is 0.235. The quantitative estimate of drug-likeness (QED) is 0.680. The monoisotopic (exact) mass is 189 g/mol. The highest BCUT2D eigenvalue weighted by Crippen LogP contribution is 2.34. The number of benzene rings is 1. The Bertz CT molecular complexity index is 435. The lowest BCUT2D eigenvalue weighted by Gasteiger charge is -2.16. The minimum Gasteiger partial charge on any atom is -0.377 e. The molecular formula is C10H11N3O. The van der Waals surface area contributed by atoms with Gasteiger partial charge < -0.3 is 4.90 Å². The summed E-state index contributed by atoms with van der Waals surface area (Å²) in [6, 6.07) is 3.78. The van der Waals surface area contributed by atoms with Gasteiger partial charge in [0.25, 0.3) is 5.91 Å². The molecule has 4 heteroatoms. The third-order valence-electron chi connectivity index (χ3n) is 2.36. The van der Waals surface area contributed by atoms with Gasteiger partial charge in [0.1, 0.15) is 0 Å². The fourth-order valence-corrected chi connectivity index (χ4v) is 1.67. The third kappa shape index (κ3) is 1.11. The molecule has 0 N–H and O–H groups in total. The molecule has 0 spiro atoms. The molecule has 0 aromatic heterocycles. The average molecular weight is 189 g/mol. The van der Waals surface area contributed by atoms with E-state index in [-0.39, 0.29) is 5.91 Å². The Balaban J connectivity index is 2.64. The molecule has 0 unspecified atom stereocenters. The van der Waals surface area contributed by atoms with Crippen molar-refractivity contribution < 1.29 is 4.79 Å². The summed E-state index contributed by atoms with van der Waals surface area (Å²) < 4.78 is 0. The third-order valence-corrected chi connectivity index (χ3v) is 2.36. The van der Waals surface area contributed by atoms with E-state index in [0.29, 0.717) is 11.3 Å². The predicted octanol–water partition coefficient (Wildman–Crippen LogP) is 2.30. The minimum atomic E-state index is -0.235. The Kier molecular flexibility index (Phi) is 1.84. The van der Waals surface area contributed by atoms with Crippen LogP contribution in [-0.2, 0) is 0 Å². The van der Waals surface area contributed by atoms with E-state index in [2.05, 4.69) is 10.2 Å². The first kappa shape index (κ1) is 8.87. The summed E-state index contributed by atoms with van der Waals surface area (Å²) in [7, 11) is 3.89. The lowest BCUT2D eigenvalue weighted by Crippen LogP contribution is -2.11. The van der Waals surface area contributed by atoms with Crippen LogP contribution >= 0.6 is 0 Å². The van der Waals surface area contributed by atoms with Crippen LogP contribution in [0.2, 0.25) is 0 Å². The molecule has 0 fully saturated rings. The zero-order valence-electron chi connectivity index (χ0n) is 8.40. The van der Waals surface area contributed by atoms with Crippen LogP contribution in [0.3, 0.4) is 0 Å². The van der Waals surface area contributed by atoms with Crippen LogP contribution in [-0.4, -0.2) is 20.0 Å². The number of fused-ring (bicyclic) bond motifs is 1. The molecule has 4 nitrogen and oxygen atoms in total. The Morgan fingerprint density at radius 2 is 1.93 bits per heavy atom. The fraction of sp³-hybridized carbons (Fsp3) is 0.300. The summed E-state index contributed by atoms with van der Waals surface area (Å²) in [4.78, 5) is 13.4. The second kappa shape index (κ2) is 2.90. The highest BCUT2D eigenvalue weighted by Gasteiger charge is 2.21.